The van der Waals surface area contributed by atoms with Gasteiger partial charge in [-0.1, -0.05) is 18.2 Å². The van der Waals surface area contributed by atoms with E-state index < -0.39 is 11.9 Å². The van der Waals surface area contributed by atoms with Gasteiger partial charge in [-0.2, -0.15) is 0 Å². The molecule has 0 unspecified atom stereocenters. The first kappa shape index (κ1) is 20.8. The van der Waals surface area contributed by atoms with Crippen LogP contribution < -0.4 is 14.5 Å². The monoisotopic (exact) mass is 420 g/mol. The maximum Gasteiger partial charge on any atom is 0.316 e. The Labute approximate surface area is 180 Å². The van der Waals surface area contributed by atoms with E-state index in [4.69, 9.17) is 4.74 Å². The van der Waals surface area contributed by atoms with Crippen LogP contribution >= 0.6 is 0 Å². The van der Waals surface area contributed by atoms with Crippen molar-refractivity contribution in [3.63, 3.8) is 0 Å². The molecule has 0 aromatic heterocycles. The number of rotatable bonds is 4. The Morgan fingerprint density at radius 1 is 0.903 bits per heavy atom. The van der Waals surface area contributed by atoms with Gasteiger partial charge in [0.25, 0.3) is 0 Å². The molecule has 160 valence electrons. The van der Waals surface area contributed by atoms with Crippen LogP contribution in [0.5, 0.6) is 5.75 Å². The smallest absolute Gasteiger partial charge is 0.316 e. The maximum atomic E-state index is 12.7. The summed E-state index contributed by atoms with van der Waals surface area (Å²) in [6, 6.07) is 10.6. The molecule has 0 N–H and O–H groups in total. The van der Waals surface area contributed by atoms with Crippen LogP contribution in [0.25, 0.3) is 0 Å². The number of aryl methyl sites for hydroxylation is 3. The zero-order chi connectivity index (χ0) is 22.3. The Bertz CT molecular complexity index is 1070. The largest absolute Gasteiger partial charge is 0.426 e. The van der Waals surface area contributed by atoms with Crippen LogP contribution in [0.1, 0.15) is 36.0 Å². The molecule has 2 heterocycles. The van der Waals surface area contributed by atoms with Crippen LogP contribution in [0.2, 0.25) is 0 Å². The molecule has 7 nitrogen and oxygen atoms in total. The number of hydrogen-bond acceptors (Lipinski definition) is 5. The summed E-state index contributed by atoms with van der Waals surface area (Å²) in [5.41, 5.74) is 3.99. The lowest BCUT2D eigenvalue weighted by molar-refractivity contribution is -0.139. The van der Waals surface area contributed by atoms with E-state index in [9.17, 15) is 19.2 Å². The first-order chi connectivity index (χ1) is 14.8. The molecule has 3 amide bonds. The van der Waals surface area contributed by atoms with Crippen molar-refractivity contribution in [1.82, 2.24) is 0 Å². The van der Waals surface area contributed by atoms with Crippen molar-refractivity contribution < 1.29 is 23.9 Å². The standard InChI is InChI=1S/C24H24N2O5/c1-14-5-4-6-15(2)23(14)25-13-17(12-22(25)29)24(30)31-18-7-8-19(16(3)11-18)26-20(27)9-10-21(26)28/h4-8,11,17H,9-10,12-13H2,1-3H3/t17-/m1/s1. The molecule has 31 heavy (non-hydrogen) atoms. The Kier molecular flexibility index (Phi) is 5.35. The summed E-state index contributed by atoms with van der Waals surface area (Å²) >= 11 is 0. The number of anilines is 2. The summed E-state index contributed by atoms with van der Waals surface area (Å²) in [6.45, 7) is 5.92. The molecule has 2 aromatic carbocycles. The van der Waals surface area contributed by atoms with Gasteiger partial charge in [0.05, 0.1) is 11.6 Å². The van der Waals surface area contributed by atoms with Gasteiger partial charge in [0.2, 0.25) is 17.7 Å². The number of amides is 3. The molecular weight excluding hydrogens is 396 g/mol. The highest BCUT2D eigenvalue weighted by Crippen LogP contribution is 2.33. The highest BCUT2D eigenvalue weighted by atomic mass is 16.5. The number of para-hydroxylation sites is 1. The average molecular weight is 420 g/mol. The number of ether oxygens (including phenoxy) is 1. The van der Waals surface area contributed by atoms with E-state index in [1.54, 1.807) is 30.0 Å². The molecule has 0 saturated carbocycles. The van der Waals surface area contributed by atoms with Crippen molar-refractivity contribution in [2.45, 2.75) is 40.0 Å². The third kappa shape index (κ3) is 3.83. The summed E-state index contributed by atoms with van der Waals surface area (Å²) in [7, 11) is 0. The lowest BCUT2D eigenvalue weighted by atomic mass is 10.1. The van der Waals surface area contributed by atoms with Crippen LogP contribution in [0.3, 0.4) is 0 Å². The third-order valence-electron chi connectivity index (χ3n) is 5.85. The number of carbonyl (C=O) groups is 4. The normalized spacial score (nSPS) is 18.8. The van der Waals surface area contributed by atoms with Crippen molar-refractivity contribution in [2.75, 3.05) is 16.3 Å². The first-order valence-electron chi connectivity index (χ1n) is 10.3. The van der Waals surface area contributed by atoms with Crippen molar-refractivity contribution in [2.24, 2.45) is 5.92 Å². The molecule has 4 rings (SSSR count). The van der Waals surface area contributed by atoms with Gasteiger partial charge in [0.15, 0.2) is 0 Å². The van der Waals surface area contributed by atoms with Gasteiger partial charge in [0, 0.05) is 31.5 Å². The molecule has 1 atom stereocenters. The maximum absolute atomic E-state index is 12.7. The average Bonchev–Trinajstić information content (AvgIpc) is 3.25. The number of benzene rings is 2. The molecular formula is C24H24N2O5. The Balaban J connectivity index is 1.48. The van der Waals surface area contributed by atoms with Crippen LogP contribution in [0, 0.1) is 26.7 Å². The van der Waals surface area contributed by atoms with Gasteiger partial charge in [-0.25, -0.2) is 0 Å². The summed E-state index contributed by atoms with van der Waals surface area (Å²) < 4.78 is 5.54. The van der Waals surface area contributed by atoms with Crippen LogP contribution in [-0.2, 0) is 19.2 Å². The Morgan fingerprint density at radius 3 is 2.16 bits per heavy atom. The summed E-state index contributed by atoms with van der Waals surface area (Å²) in [6.07, 6.45) is 0.517. The van der Waals surface area contributed by atoms with Gasteiger partial charge in [-0.05, 0) is 55.7 Å². The van der Waals surface area contributed by atoms with E-state index in [2.05, 4.69) is 0 Å². The SMILES string of the molecule is Cc1cc(OC(=O)[C@@H]2CC(=O)N(c3c(C)cccc3C)C2)ccc1N1C(=O)CCC1=O. The summed E-state index contributed by atoms with van der Waals surface area (Å²) in [4.78, 5) is 52.2. The fraction of sp³-hybridized carbons (Fsp3) is 0.333. The van der Waals surface area contributed by atoms with Crippen molar-refractivity contribution in [1.29, 1.82) is 0 Å². The minimum atomic E-state index is -0.562. The molecule has 2 saturated heterocycles. The molecule has 2 aliphatic rings. The molecule has 0 radical (unpaired) electrons. The number of hydrogen-bond donors (Lipinski definition) is 0. The fourth-order valence-electron chi connectivity index (χ4n) is 4.30. The molecule has 2 aromatic rings. The van der Waals surface area contributed by atoms with Gasteiger partial charge < -0.3 is 9.64 Å². The second kappa shape index (κ2) is 7.98. The lowest BCUT2D eigenvalue weighted by Crippen LogP contribution is -2.29. The van der Waals surface area contributed by atoms with Gasteiger partial charge in [-0.15, -0.1) is 0 Å². The highest BCUT2D eigenvalue weighted by molar-refractivity contribution is 6.20. The van der Waals surface area contributed by atoms with Gasteiger partial charge in [-0.3, -0.25) is 24.1 Å². The van der Waals surface area contributed by atoms with E-state index in [0.717, 1.165) is 16.8 Å². The highest BCUT2D eigenvalue weighted by Gasteiger charge is 2.37. The zero-order valence-electron chi connectivity index (χ0n) is 17.8. The van der Waals surface area contributed by atoms with E-state index >= 15 is 0 Å². The molecule has 7 heteroatoms. The van der Waals surface area contributed by atoms with E-state index in [1.807, 2.05) is 32.0 Å². The second-order valence-electron chi connectivity index (χ2n) is 8.14. The number of esters is 1. The summed E-state index contributed by atoms with van der Waals surface area (Å²) in [5, 5.41) is 0. The van der Waals surface area contributed by atoms with Crippen molar-refractivity contribution in [3.8, 4) is 5.75 Å². The third-order valence-corrected chi connectivity index (χ3v) is 5.85. The van der Waals surface area contributed by atoms with E-state index in [0.29, 0.717) is 17.0 Å². The zero-order valence-corrected chi connectivity index (χ0v) is 17.8. The van der Waals surface area contributed by atoms with Gasteiger partial charge in [0.1, 0.15) is 5.75 Å². The number of imide groups is 1. The van der Waals surface area contributed by atoms with Crippen LogP contribution in [-0.4, -0.2) is 30.2 Å². The van der Waals surface area contributed by atoms with E-state index in [1.165, 1.54) is 4.90 Å². The number of carbonyl (C=O) groups excluding carboxylic acids is 4. The van der Waals surface area contributed by atoms with Crippen LogP contribution in [0.4, 0.5) is 11.4 Å². The molecule has 0 aliphatic carbocycles. The molecule has 2 aliphatic heterocycles. The van der Waals surface area contributed by atoms with E-state index in [-0.39, 0.29) is 43.5 Å². The fourth-order valence-corrected chi connectivity index (χ4v) is 4.30. The lowest BCUT2D eigenvalue weighted by Gasteiger charge is -2.21. The minimum absolute atomic E-state index is 0.0977. The topological polar surface area (TPSA) is 84.0 Å². The molecule has 0 bridgehead atoms. The van der Waals surface area contributed by atoms with Crippen LogP contribution in [0.15, 0.2) is 36.4 Å². The predicted molar refractivity (Wildman–Crippen MR) is 115 cm³/mol. The summed E-state index contributed by atoms with van der Waals surface area (Å²) in [5.74, 6) is -1.26. The second-order valence-corrected chi connectivity index (χ2v) is 8.14. The minimum Gasteiger partial charge on any atom is -0.426 e. The molecule has 0 spiro atoms. The first-order valence-corrected chi connectivity index (χ1v) is 10.3. The molecule has 2 fully saturated rings. The Hall–Kier alpha value is -3.48. The Morgan fingerprint density at radius 2 is 1.55 bits per heavy atom. The van der Waals surface area contributed by atoms with Crippen molar-refractivity contribution in [3.05, 3.63) is 53.1 Å². The quantitative estimate of drug-likeness (QED) is 0.431. The van der Waals surface area contributed by atoms with Gasteiger partial charge >= 0.3 is 5.97 Å². The number of nitrogens with zero attached hydrogens (tertiary/aromatic N) is 2. The predicted octanol–water partition coefficient (Wildman–Crippen LogP) is 3.22. The van der Waals surface area contributed by atoms with Crippen molar-refractivity contribution >= 4 is 35.1 Å².